The second-order valence-corrected chi connectivity index (χ2v) is 14.2. The number of nitrogens with one attached hydrogen (secondary N) is 4. The third-order valence-electron chi connectivity index (χ3n) is 8.50. The van der Waals surface area contributed by atoms with E-state index < -0.39 is 62.0 Å². The van der Waals surface area contributed by atoms with Crippen LogP contribution in [-0.4, -0.2) is 78.3 Å². The molecule has 3 amide bonds. The summed E-state index contributed by atoms with van der Waals surface area (Å²) in [5.74, 6) is -2.79. The lowest BCUT2D eigenvalue weighted by atomic mass is 9.94. The molecular formula is C24H37N5O6S2. The average molecular weight is 556 g/mol. The molecule has 0 aromatic rings. The number of Topliss-reactive ketones (excluding diaryl/α,β-unsaturated/α-hetero) is 1. The second kappa shape index (κ2) is 9.96. The van der Waals surface area contributed by atoms with Crippen LogP contribution in [-0.2, 0) is 29.2 Å². The van der Waals surface area contributed by atoms with Crippen LogP contribution < -0.4 is 15.4 Å². The molecule has 0 spiro atoms. The summed E-state index contributed by atoms with van der Waals surface area (Å²) in [5.41, 5.74) is -0.194. The lowest BCUT2D eigenvalue weighted by Gasteiger charge is -2.35. The molecule has 2 aliphatic carbocycles. The summed E-state index contributed by atoms with van der Waals surface area (Å²) in [6, 6.07) is -3.02. The van der Waals surface area contributed by atoms with Crippen molar-refractivity contribution in [2.45, 2.75) is 76.8 Å². The average Bonchev–Trinajstić information content (AvgIpc) is 3.64. The van der Waals surface area contributed by atoms with Crippen molar-refractivity contribution in [2.75, 3.05) is 13.1 Å². The third-order valence-corrected chi connectivity index (χ3v) is 10.6. The number of hydrogen-bond acceptors (Lipinski definition) is 7. The molecule has 0 radical (unpaired) electrons. The van der Waals surface area contributed by atoms with Crippen LogP contribution in [0.3, 0.4) is 0 Å². The highest BCUT2D eigenvalue weighted by Gasteiger charge is 2.69. The minimum atomic E-state index is -3.64. The summed E-state index contributed by atoms with van der Waals surface area (Å²) in [6.45, 7) is 8.35. The van der Waals surface area contributed by atoms with Crippen molar-refractivity contribution in [1.29, 1.82) is 5.41 Å². The molecule has 2 saturated carbocycles. The van der Waals surface area contributed by atoms with Crippen molar-refractivity contribution in [1.82, 2.24) is 20.3 Å². The first-order chi connectivity index (χ1) is 17.2. The number of sulfonamides is 1. The Labute approximate surface area is 223 Å². The van der Waals surface area contributed by atoms with Gasteiger partial charge >= 0.3 is 0 Å². The smallest absolute Gasteiger partial charge is 0.243 e. The van der Waals surface area contributed by atoms with E-state index in [9.17, 15) is 27.6 Å². The van der Waals surface area contributed by atoms with Gasteiger partial charge in [0.15, 0.2) is 0 Å². The maximum atomic E-state index is 13.7. The predicted octanol–water partition coefficient (Wildman–Crippen LogP) is 0.0630. The van der Waals surface area contributed by atoms with Crippen LogP contribution in [0.5, 0.6) is 0 Å². The lowest BCUT2D eigenvalue weighted by Crippen LogP contribution is -2.59. The Morgan fingerprint density at radius 2 is 1.86 bits per heavy atom. The summed E-state index contributed by atoms with van der Waals surface area (Å²) >= 11 is 3.85. The highest BCUT2D eigenvalue weighted by atomic mass is 32.2. The number of carbonyl (C=O) groups excluding carboxylic acids is 4. The van der Waals surface area contributed by atoms with E-state index in [1.165, 1.54) is 4.90 Å². The summed E-state index contributed by atoms with van der Waals surface area (Å²) < 4.78 is 27.9. The van der Waals surface area contributed by atoms with E-state index in [0.717, 1.165) is 0 Å². The Bertz CT molecular complexity index is 1120. The topological polar surface area (TPSA) is 166 Å². The first-order valence-corrected chi connectivity index (χ1v) is 14.9. The standard InChI is InChI=1S/C24H37N5O6S2/c1-11(2)17(28-37(34,35)13-5-6-13)23(33)29-10-14-16(24(14,3)4)18(29)22(32)27-15(19(30)20(25)36)9-12-7-8-26-21(12)31/h11-18,28H,5-10H2,1-4H3,(H2,25,36)(H,26,31)(H,27,32)/t12-,14-,15-,16-,17-,18-/m0/s1. The fourth-order valence-corrected chi connectivity index (χ4v) is 7.76. The van der Waals surface area contributed by atoms with Gasteiger partial charge in [0, 0.05) is 19.0 Å². The molecule has 0 aromatic heterocycles. The zero-order valence-corrected chi connectivity index (χ0v) is 23.3. The van der Waals surface area contributed by atoms with Crippen molar-refractivity contribution in [3.63, 3.8) is 0 Å². The maximum absolute atomic E-state index is 13.7. The first-order valence-electron chi connectivity index (χ1n) is 12.9. The van der Waals surface area contributed by atoms with Crippen LogP contribution in [0.4, 0.5) is 0 Å². The first kappa shape index (κ1) is 28.0. The Hall–Kier alpha value is -1.99. The Kier molecular flexibility index (Phi) is 7.54. The van der Waals surface area contributed by atoms with E-state index in [2.05, 4.69) is 28.0 Å². The zero-order chi connectivity index (χ0) is 27.4. The quantitative estimate of drug-likeness (QED) is 0.137. The van der Waals surface area contributed by atoms with E-state index in [-0.39, 0.29) is 35.5 Å². The Morgan fingerprint density at radius 3 is 2.38 bits per heavy atom. The van der Waals surface area contributed by atoms with Gasteiger partial charge in [0.05, 0.1) is 11.3 Å². The molecule has 37 heavy (non-hydrogen) atoms. The number of carbonyl (C=O) groups is 4. The highest BCUT2D eigenvalue weighted by Crippen LogP contribution is 2.65. The number of amides is 3. The molecule has 2 heterocycles. The number of hydrogen-bond donors (Lipinski definition) is 5. The van der Waals surface area contributed by atoms with Crippen LogP contribution in [0.1, 0.15) is 53.4 Å². The monoisotopic (exact) mass is 555 g/mol. The molecule has 206 valence electrons. The van der Waals surface area contributed by atoms with Crippen molar-refractivity contribution in [2.24, 2.45) is 29.1 Å². The number of ketones is 1. The van der Waals surface area contributed by atoms with Gasteiger partial charge in [0.2, 0.25) is 33.5 Å². The van der Waals surface area contributed by atoms with Gasteiger partial charge in [-0.1, -0.05) is 27.7 Å². The predicted molar refractivity (Wildman–Crippen MR) is 139 cm³/mol. The van der Waals surface area contributed by atoms with E-state index in [1.54, 1.807) is 13.8 Å². The van der Waals surface area contributed by atoms with Gasteiger partial charge in [0.25, 0.3) is 0 Å². The van der Waals surface area contributed by atoms with Crippen molar-refractivity contribution in [3.8, 4) is 0 Å². The summed E-state index contributed by atoms with van der Waals surface area (Å²) in [7, 11) is -3.64. The highest BCUT2D eigenvalue weighted by molar-refractivity contribution is 7.99. The molecule has 2 saturated heterocycles. The van der Waals surface area contributed by atoms with Crippen LogP contribution in [0.15, 0.2) is 0 Å². The summed E-state index contributed by atoms with van der Waals surface area (Å²) in [6.07, 6.45) is 1.68. The lowest BCUT2D eigenvalue weighted by molar-refractivity contribution is -0.143. The number of rotatable bonds is 11. The van der Waals surface area contributed by atoms with E-state index in [0.29, 0.717) is 32.4 Å². The molecule has 4 fully saturated rings. The molecule has 0 bridgehead atoms. The number of thiol groups is 1. The van der Waals surface area contributed by atoms with Crippen LogP contribution >= 0.6 is 12.6 Å². The number of piperidine rings is 1. The molecule has 4 aliphatic rings. The summed E-state index contributed by atoms with van der Waals surface area (Å²) in [5, 5.41) is 12.1. The minimum absolute atomic E-state index is 0.0350. The number of likely N-dealkylation sites (tertiary alicyclic amines) is 1. The van der Waals surface area contributed by atoms with Crippen LogP contribution in [0, 0.1) is 34.5 Å². The van der Waals surface area contributed by atoms with Crippen LogP contribution in [0.25, 0.3) is 0 Å². The third kappa shape index (κ3) is 5.44. The van der Waals surface area contributed by atoms with Crippen LogP contribution in [0.2, 0.25) is 0 Å². The number of nitrogens with zero attached hydrogens (tertiary/aromatic N) is 1. The SMILES string of the molecule is CC(C)[C@H](NS(=O)(=O)C1CC1)C(=O)N1C[C@H]2[C@@H]([C@H]1C(=O)N[C@@H](C[C@@H]1CCNC1=O)C(=O)C(=N)S)C2(C)C. The minimum Gasteiger partial charge on any atom is -0.356 e. The van der Waals surface area contributed by atoms with Gasteiger partial charge in [-0.3, -0.25) is 24.6 Å². The van der Waals surface area contributed by atoms with Crippen molar-refractivity contribution < 1.29 is 27.6 Å². The van der Waals surface area contributed by atoms with Gasteiger partial charge in [-0.05, 0) is 48.9 Å². The van der Waals surface area contributed by atoms with Gasteiger partial charge in [-0.2, -0.15) is 0 Å². The largest absolute Gasteiger partial charge is 0.356 e. The second-order valence-electron chi connectivity index (χ2n) is 11.8. The molecule has 13 heteroatoms. The van der Waals surface area contributed by atoms with E-state index >= 15 is 0 Å². The Morgan fingerprint density at radius 1 is 1.22 bits per heavy atom. The van der Waals surface area contributed by atoms with Gasteiger partial charge in [-0.25, -0.2) is 13.1 Å². The molecule has 4 N–H and O–H groups in total. The normalized spacial score (nSPS) is 29.9. The fourth-order valence-electron chi connectivity index (χ4n) is 5.92. The molecule has 4 rings (SSSR count). The van der Waals surface area contributed by atoms with E-state index in [4.69, 9.17) is 5.41 Å². The van der Waals surface area contributed by atoms with Crippen molar-refractivity contribution in [3.05, 3.63) is 0 Å². The van der Waals surface area contributed by atoms with E-state index in [1.807, 2.05) is 13.8 Å². The Balaban J connectivity index is 1.56. The molecule has 2 aliphatic heterocycles. The fraction of sp³-hybridized carbons (Fsp3) is 0.792. The molecule has 0 aromatic carbocycles. The molecule has 11 nitrogen and oxygen atoms in total. The van der Waals surface area contributed by atoms with Crippen molar-refractivity contribution >= 4 is 51.2 Å². The number of fused-ring (bicyclic) bond motifs is 1. The van der Waals surface area contributed by atoms with Gasteiger partial charge < -0.3 is 15.5 Å². The zero-order valence-electron chi connectivity index (χ0n) is 21.6. The molecule has 6 atom stereocenters. The maximum Gasteiger partial charge on any atom is 0.243 e. The van der Waals surface area contributed by atoms with Gasteiger partial charge in [-0.15, -0.1) is 12.6 Å². The summed E-state index contributed by atoms with van der Waals surface area (Å²) in [4.78, 5) is 53.7. The van der Waals surface area contributed by atoms with Gasteiger partial charge in [0.1, 0.15) is 17.1 Å². The molecule has 0 unspecified atom stereocenters. The molecular weight excluding hydrogens is 518 g/mol.